The van der Waals surface area contributed by atoms with Gasteiger partial charge in [0.25, 0.3) is 5.91 Å². The van der Waals surface area contributed by atoms with Crippen molar-refractivity contribution >= 4 is 27.3 Å². The smallest absolute Gasteiger partial charge is 0.267 e. The quantitative estimate of drug-likeness (QED) is 0.913. The van der Waals surface area contributed by atoms with Crippen LogP contribution in [-0.2, 0) is 10.0 Å². The number of carbonyl (C=O) groups is 1. The molecule has 94 valence electrons. The highest BCUT2D eigenvalue weighted by Crippen LogP contribution is 2.45. The minimum absolute atomic E-state index is 0.443. The minimum Gasteiger partial charge on any atom is -0.267 e. The maximum atomic E-state index is 12.0. The zero-order valence-corrected chi connectivity index (χ0v) is 11.5. The van der Waals surface area contributed by atoms with E-state index < -0.39 is 20.7 Å². The molecule has 1 aliphatic carbocycles. The molecule has 2 rings (SSSR count). The molecule has 4 nitrogen and oxygen atoms in total. The Labute approximate surface area is 105 Å². The molecular weight excluding hydrogens is 258 g/mol. The molecule has 0 atom stereocenters. The number of sulfonamides is 1. The van der Waals surface area contributed by atoms with Gasteiger partial charge in [0.15, 0.2) is 0 Å². The molecule has 1 N–H and O–H groups in total. The van der Waals surface area contributed by atoms with Crippen molar-refractivity contribution in [1.82, 2.24) is 4.72 Å². The van der Waals surface area contributed by atoms with Crippen LogP contribution >= 0.6 is 11.3 Å². The van der Waals surface area contributed by atoms with Crippen LogP contribution < -0.4 is 4.72 Å². The van der Waals surface area contributed by atoms with Crippen molar-refractivity contribution in [3.63, 3.8) is 0 Å². The molecule has 0 bridgehead atoms. The molecule has 1 aliphatic rings. The Balaban J connectivity index is 2.14. The molecule has 0 spiro atoms. The Morgan fingerprint density at radius 3 is 2.53 bits per heavy atom. The highest BCUT2D eigenvalue weighted by molar-refractivity contribution is 7.91. The van der Waals surface area contributed by atoms with Gasteiger partial charge in [0.2, 0.25) is 10.0 Å². The van der Waals surface area contributed by atoms with Crippen LogP contribution in [0.2, 0.25) is 0 Å². The minimum atomic E-state index is -3.53. The van der Waals surface area contributed by atoms with Crippen LogP contribution in [-0.4, -0.2) is 19.1 Å². The number of hydrogen-bond donors (Lipinski definition) is 1. The van der Waals surface area contributed by atoms with Gasteiger partial charge in [-0.2, -0.15) is 0 Å². The zero-order chi connectivity index (χ0) is 12.7. The van der Waals surface area contributed by atoms with Crippen LogP contribution in [0.4, 0.5) is 0 Å². The monoisotopic (exact) mass is 273 g/mol. The number of thiophene rings is 1. The van der Waals surface area contributed by atoms with Crippen molar-refractivity contribution in [3.05, 3.63) is 21.9 Å². The van der Waals surface area contributed by atoms with Crippen molar-refractivity contribution in [1.29, 1.82) is 0 Å². The molecule has 1 aromatic rings. The van der Waals surface area contributed by atoms with Gasteiger partial charge in [-0.05, 0) is 38.3 Å². The van der Waals surface area contributed by atoms with Gasteiger partial charge in [-0.15, -0.1) is 11.3 Å². The summed E-state index contributed by atoms with van der Waals surface area (Å²) in [5, 5.41) is 0. The molecule has 17 heavy (non-hydrogen) atoms. The van der Waals surface area contributed by atoms with Crippen LogP contribution in [0.1, 0.15) is 40.7 Å². The van der Waals surface area contributed by atoms with E-state index in [4.69, 9.17) is 0 Å². The third kappa shape index (κ3) is 2.24. The summed E-state index contributed by atoms with van der Waals surface area (Å²) in [6, 6.07) is 3.45. The molecule has 0 saturated heterocycles. The van der Waals surface area contributed by atoms with E-state index in [-0.39, 0.29) is 0 Å². The second-order valence-corrected chi connectivity index (χ2v) is 7.75. The van der Waals surface area contributed by atoms with Crippen LogP contribution in [0.15, 0.2) is 12.1 Å². The maximum Gasteiger partial charge on any atom is 0.274 e. The van der Waals surface area contributed by atoms with E-state index in [0.717, 1.165) is 4.88 Å². The van der Waals surface area contributed by atoms with Gasteiger partial charge in [-0.1, -0.05) is 6.92 Å². The van der Waals surface area contributed by atoms with Crippen molar-refractivity contribution in [2.24, 2.45) is 0 Å². The first-order valence-electron chi connectivity index (χ1n) is 5.53. The van der Waals surface area contributed by atoms with E-state index in [1.54, 1.807) is 12.1 Å². The normalized spacial score (nSPS) is 17.8. The summed E-state index contributed by atoms with van der Waals surface area (Å²) in [5.74, 6) is -0.511. The topological polar surface area (TPSA) is 63.2 Å². The highest BCUT2D eigenvalue weighted by atomic mass is 32.2. The summed E-state index contributed by atoms with van der Waals surface area (Å²) in [4.78, 5) is 13.2. The Kier molecular flexibility index (Phi) is 3.03. The molecule has 1 fully saturated rings. The van der Waals surface area contributed by atoms with Crippen molar-refractivity contribution < 1.29 is 13.2 Å². The molecule has 0 aliphatic heterocycles. The third-order valence-electron chi connectivity index (χ3n) is 3.21. The van der Waals surface area contributed by atoms with E-state index in [0.29, 0.717) is 24.1 Å². The van der Waals surface area contributed by atoms with Crippen molar-refractivity contribution in [2.75, 3.05) is 0 Å². The van der Waals surface area contributed by atoms with E-state index in [1.165, 1.54) is 11.3 Å². The van der Waals surface area contributed by atoms with E-state index >= 15 is 0 Å². The van der Waals surface area contributed by atoms with Crippen molar-refractivity contribution in [2.45, 2.75) is 37.9 Å². The number of carbonyl (C=O) groups excluding carboxylic acids is 1. The average molecular weight is 273 g/mol. The fourth-order valence-corrected chi connectivity index (χ4v) is 4.21. The molecular formula is C11H15NO3S2. The fraction of sp³-hybridized carbons (Fsp3) is 0.545. The molecule has 1 amide bonds. The lowest BCUT2D eigenvalue weighted by Crippen LogP contribution is -2.39. The Bertz CT molecular complexity index is 541. The van der Waals surface area contributed by atoms with Gasteiger partial charge in [-0.25, -0.2) is 13.1 Å². The summed E-state index contributed by atoms with van der Waals surface area (Å²) in [7, 11) is -3.53. The van der Waals surface area contributed by atoms with Crippen molar-refractivity contribution in [3.8, 4) is 0 Å². The number of aryl methyl sites for hydroxylation is 1. The van der Waals surface area contributed by atoms with Gasteiger partial charge in [0.05, 0.1) is 9.62 Å². The number of nitrogens with one attached hydrogen (secondary N) is 1. The van der Waals surface area contributed by atoms with E-state index in [1.807, 2.05) is 13.8 Å². The van der Waals surface area contributed by atoms with E-state index in [2.05, 4.69) is 4.72 Å². The van der Waals surface area contributed by atoms with Crippen LogP contribution in [0.5, 0.6) is 0 Å². The molecule has 0 unspecified atom stereocenters. The van der Waals surface area contributed by atoms with Gasteiger partial charge in [0, 0.05) is 4.88 Å². The summed E-state index contributed by atoms with van der Waals surface area (Å²) < 4.78 is 25.5. The lowest BCUT2D eigenvalue weighted by atomic mass is 10.3. The van der Waals surface area contributed by atoms with Crippen LogP contribution in [0, 0.1) is 6.92 Å². The molecule has 1 aromatic heterocycles. The number of rotatable bonds is 4. The first kappa shape index (κ1) is 12.6. The predicted molar refractivity (Wildman–Crippen MR) is 67.7 cm³/mol. The summed E-state index contributed by atoms with van der Waals surface area (Å²) >= 11 is 1.30. The Morgan fingerprint density at radius 1 is 1.47 bits per heavy atom. The first-order valence-corrected chi connectivity index (χ1v) is 7.83. The van der Waals surface area contributed by atoms with Gasteiger partial charge in [-0.3, -0.25) is 4.79 Å². The Morgan fingerprint density at radius 2 is 2.12 bits per heavy atom. The standard InChI is InChI=1S/C11H15NO3S2/c1-3-11(6-7-11)17(14,15)12-10(13)9-5-4-8(2)16-9/h4-5H,3,6-7H2,1-2H3,(H,12,13). The lowest BCUT2D eigenvalue weighted by molar-refractivity contribution is 0.0985. The lowest BCUT2D eigenvalue weighted by Gasteiger charge is -2.14. The van der Waals surface area contributed by atoms with Crippen LogP contribution in [0.25, 0.3) is 0 Å². The summed E-state index contributed by atoms with van der Waals surface area (Å²) in [5.41, 5.74) is 0. The summed E-state index contributed by atoms with van der Waals surface area (Å²) in [6.07, 6.45) is 1.85. The van der Waals surface area contributed by atoms with Crippen LogP contribution in [0.3, 0.4) is 0 Å². The SMILES string of the molecule is CCC1(S(=O)(=O)NC(=O)c2ccc(C)s2)CC1. The maximum absolute atomic E-state index is 12.0. The molecule has 1 saturated carbocycles. The largest absolute Gasteiger partial charge is 0.274 e. The van der Waals surface area contributed by atoms with Gasteiger partial charge < -0.3 is 0 Å². The van der Waals surface area contributed by atoms with E-state index in [9.17, 15) is 13.2 Å². The Hall–Kier alpha value is -0.880. The second-order valence-electron chi connectivity index (χ2n) is 4.38. The molecule has 6 heteroatoms. The zero-order valence-electron chi connectivity index (χ0n) is 9.82. The van der Waals surface area contributed by atoms with Gasteiger partial charge >= 0.3 is 0 Å². The molecule has 1 heterocycles. The average Bonchev–Trinajstić information content (AvgIpc) is 2.95. The number of hydrogen-bond acceptors (Lipinski definition) is 4. The summed E-state index contributed by atoms with van der Waals surface area (Å²) in [6.45, 7) is 3.72. The highest BCUT2D eigenvalue weighted by Gasteiger charge is 2.53. The molecule has 0 radical (unpaired) electrons. The predicted octanol–water partition coefficient (Wildman–Crippen LogP) is 2.06. The number of amides is 1. The molecule has 0 aromatic carbocycles. The van der Waals surface area contributed by atoms with Gasteiger partial charge in [0.1, 0.15) is 0 Å². The third-order valence-corrected chi connectivity index (χ3v) is 6.50. The first-order chi connectivity index (χ1) is 7.90. The fourth-order valence-electron chi connectivity index (χ4n) is 1.79. The second kappa shape index (κ2) is 4.10.